The molecule has 35 heavy (non-hydrogen) atoms. The van der Waals surface area contributed by atoms with E-state index in [0.29, 0.717) is 34.3 Å². The van der Waals surface area contributed by atoms with Gasteiger partial charge in [0.05, 0.1) is 5.69 Å². The van der Waals surface area contributed by atoms with Crippen molar-refractivity contribution >= 4 is 34.9 Å². The Morgan fingerprint density at radius 3 is 2.71 bits per heavy atom. The summed E-state index contributed by atoms with van der Waals surface area (Å²) in [7, 11) is 0. The van der Waals surface area contributed by atoms with Crippen LogP contribution >= 0.6 is 11.6 Å². The van der Waals surface area contributed by atoms with Crippen molar-refractivity contribution in [2.75, 3.05) is 44.3 Å². The fourth-order valence-corrected chi connectivity index (χ4v) is 4.52. The summed E-state index contributed by atoms with van der Waals surface area (Å²) in [6, 6.07) is 10.9. The minimum Gasteiger partial charge on any atom is -0.485 e. The maximum atomic E-state index is 12.9. The fraction of sp³-hybridized carbons (Fsp3) is 0.423. The number of Topliss-reactive ketones (excluding diaryl/α,β-unsaturated/α-hetero) is 1. The molecule has 0 bridgehead atoms. The number of fused-ring (bicyclic) bond motifs is 1. The molecule has 1 N–H and O–H groups in total. The number of ketones is 1. The van der Waals surface area contributed by atoms with Gasteiger partial charge in [0.15, 0.2) is 19.0 Å². The minimum atomic E-state index is -0.750. The van der Waals surface area contributed by atoms with Crippen molar-refractivity contribution in [3.8, 4) is 11.5 Å². The number of rotatable bonds is 9. The molecular weight excluding hydrogens is 470 g/mol. The number of carbonyl (C=O) groups excluding carboxylic acids is 3. The van der Waals surface area contributed by atoms with Crippen molar-refractivity contribution in [2.24, 2.45) is 0 Å². The van der Waals surface area contributed by atoms with Crippen molar-refractivity contribution in [3.05, 3.63) is 53.1 Å². The molecule has 2 aromatic rings. The number of piperidine rings is 1. The average molecular weight is 500 g/mol. The Morgan fingerprint density at radius 1 is 1.14 bits per heavy atom. The predicted molar refractivity (Wildman–Crippen MR) is 133 cm³/mol. The first kappa shape index (κ1) is 25.0. The van der Waals surface area contributed by atoms with Crippen molar-refractivity contribution in [1.82, 2.24) is 10.2 Å². The molecule has 0 unspecified atom stereocenters. The van der Waals surface area contributed by atoms with Crippen LogP contribution in [0.25, 0.3) is 0 Å². The first-order valence-corrected chi connectivity index (χ1v) is 12.3. The van der Waals surface area contributed by atoms with Gasteiger partial charge in [-0.1, -0.05) is 24.1 Å². The minimum absolute atomic E-state index is 0.163. The lowest BCUT2D eigenvalue weighted by atomic mass is 10.1. The van der Waals surface area contributed by atoms with Crippen LogP contribution in [-0.2, 0) is 9.59 Å². The van der Waals surface area contributed by atoms with Gasteiger partial charge >= 0.3 is 0 Å². The molecule has 2 heterocycles. The number of hydrogen-bond acceptors (Lipinski definition) is 6. The zero-order valence-corrected chi connectivity index (χ0v) is 20.6. The highest BCUT2D eigenvalue weighted by molar-refractivity contribution is 6.30. The van der Waals surface area contributed by atoms with E-state index in [0.717, 1.165) is 19.6 Å². The third kappa shape index (κ3) is 6.32. The van der Waals surface area contributed by atoms with E-state index in [-0.39, 0.29) is 30.8 Å². The quantitative estimate of drug-likeness (QED) is 0.532. The molecule has 2 amide bonds. The van der Waals surface area contributed by atoms with E-state index >= 15 is 0 Å². The topological polar surface area (TPSA) is 88.2 Å². The molecule has 0 spiro atoms. The summed E-state index contributed by atoms with van der Waals surface area (Å²) in [5.74, 6) is 0.0771. The van der Waals surface area contributed by atoms with Crippen LogP contribution in [0.2, 0.25) is 5.02 Å². The Hall–Kier alpha value is -3.10. The van der Waals surface area contributed by atoms with E-state index in [1.807, 2.05) is 0 Å². The number of ether oxygens (including phenoxy) is 2. The number of nitrogens with zero attached hydrogens (tertiary/aromatic N) is 2. The fourth-order valence-electron chi connectivity index (χ4n) is 4.34. The Balaban J connectivity index is 1.41. The number of anilines is 1. The number of benzene rings is 2. The lowest BCUT2D eigenvalue weighted by Crippen LogP contribution is -2.52. The van der Waals surface area contributed by atoms with Gasteiger partial charge in [0.1, 0.15) is 17.5 Å². The first-order chi connectivity index (χ1) is 16.9. The molecule has 2 aromatic carbocycles. The molecule has 9 heteroatoms. The van der Waals surface area contributed by atoms with E-state index in [4.69, 9.17) is 21.1 Å². The zero-order valence-electron chi connectivity index (χ0n) is 19.8. The molecule has 0 aromatic heterocycles. The van der Waals surface area contributed by atoms with Gasteiger partial charge < -0.3 is 19.7 Å². The van der Waals surface area contributed by atoms with Crippen molar-refractivity contribution in [1.29, 1.82) is 0 Å². The van der Waals surface area contributed by atoms with E-state index in [1.165, 1.54) is 24.2 Å². The monoisotopic (exact) mass is 499 g/mol. The normalized spacial score (nSPS) is 16.7. The Kier molecular flexibility index (Phi) is 8.25. The number of halogens is 1. The molecule has 186 valence electrons. The van der Waals surface area contributed by atoms with E-state index in [2.05, 4.69) is 10.2 Å². The number of nitrogens with one attached hydrogen (secondary N) is 1. The summed E-state index contributed by atoms with van der Waals surface area (Å²) in [5, 5.41) is 3.46. The molecule has 8 nitrogen and oxygen atoms in total. The molecule has 2 aliphatic heterocycles. The Morgan fingerprint density at radius 2 is 1.94 bits per heavy atom. The second-order valence-electron chi connectivity index (χ2n) is 8.77. The molecule has 1 saturated heterocycles. The number of amides is 2. The second kappa shape index (κ2) is 11.6. The summed E-state index contributed by atoms with van der Waals surface area (Å²) in [6.45, 7) is 4.74. The van der Waals surface area contributed by atoms with Crippen LogP contribution in [0, 0.1) is 0 Å². The Bertz CT molecular complexity index is 1090. The van der Waals surface area contributed by atoms with Crippen LogP contribution in [0.3, 0.4) is 0 Å². The lowest BCUT2D eigenvalue weighted by Gasteiger charge is -2.34. The third-order valence-corrected chi connectivity index (χ3v) is 6.50. The van der Waals surface area contributed by atoms with Gasteiger partial charge in [-0.3, -0.25) is 19.3 Å². The van der Waals surface area contributed by atoms with E-state index < -0.39 is 6.04 Å². The van der Waals surface area contributed by atoms with Crippen LogP contribution in [0.1, 0.15) is 36.5 Å². The summed E-state index contributed by atoms with van der Waals surface area (Å²) >= 11 is 5.96. The molecule has 0 saturated carbocycles. The lowest BCUT2D eigenvalue weighted by molar-refractivity contribution is -0.127. The van der Waals surface area contributed by atoms with Crippen LogP contribution in [0.4, 0.5) is 5.69 Å². The van der Waals surface area contributed by atoms with Gasteiger partial charge in [-0.2, -0.15) is 0 Å². The van der Waals surface area contributed by atoms with Crippen molar-refractivity contribution < 1.29 is 23.9 Å². The van der Waals surface area contributed by atoms with Gasteiger partial charge in [-0.25, -0.2) is 0 Å². The summed E-state index contributed by atoms with van der Waals surface area (Å²) < 4.78 is 11.1. The average Bonchev–Trinajstić information content (AvgIpc) is 2.87. The van der Waals surface area contributed by atoms with Gasteiger partial charge in [0, 0.05) is 23.7 Å². The smallest absolute Gasteiger partial charge is 0.265 e. The highest BCUT2D eigenvalue weighted by Crippen LogP contribution is 2.34. The van der Waals surface area contributed by atoms with Crippen LogP contribution < -0.4 is 19.7 Å². The molecular formula is C26H30ClN3O5. The molecule has 0 aliphatic carbocycles. The summed E-state index contributed by atoms with van der Waals surface area (Å²) in [4.78, 5) is 42.2. The zero-order chi connectivity index (χ0) is 24.8. The third-order valence-electron chi connectivity index (χ3n) is 6.27. The maximum absolute atomic E-state index is 12.9. The van der Waals surface area contributed by atoms with E-state index in [9.17, 15) is 14.4 Å². The van der Waals surface area contributed by atoms with E-state index in [1.54, 1.807) is 49.4 Å². The summed E-state index contributed by atoms with van der Waals surface area (Å²) in [6.07, 6.45) is 3.64. The SMILES string of the molecule is C[C@@H](C(=O)NCCN1CCCCC1)N1C(=O)COc2ccc(C(=O)COc3cccc(Cl)c3)cc21. The standard InChI is InChI=1S/C26H30ClN3O5/c1-18(26(33)28-10-13-29-11-3-2-4-12-29)30-22-14-19(8-9-24(22)35-17-25(30)32)23(31)16-34-21-7-5-6-20(27)15-21/h5-9,14-15,18H,2-4,10-13,16-17H2,1H3,(H,28,33)/t18-/m0/s1. The van der Waals surface area contributed by atoms with Gasteiger partial charge in [0.2, 0.25) is 5.91 Å². The molecule has 0 radical (unpaired) electrons. The highest BCUT2D eigenvalue weighted by Gasteiger charge is 2.33. The van der Waals surface area contributed by atoms with Gasteiger partial charge in [-0.15, -0.1) is 0 Å². The van der Waals surface area contributed by atoms with Gasteiger partial charge in [0.25, 0.3) is 5.91 Å². The number of hydrogen-bond donors (Lipinski definition) is 1. The number of likely N-dealkylation sites (tertiary alicyclic amines) is 1. The molecule has 4 rings (SSSR count). The second-order valence-corrected chi connectivity index (χ2v) is 9.21. The van der Waals surface area contributed by atoms with Crippen molar-refractivity contribution in [2.45, 2.75) is 32.2 Å². The largest absolute Gasteiger partial charge is 0.485 e. The van der Waals surface area contributed by atoms with Crippen LogP contribution in [0.5, 0.6) is 11.5 Å². The highest BCUT2D eigenvalue weighted by atomic mass is 35.5. The molecule has 2 aliphatic rings. The van der Waals surface area contributed by atoms with Crippen molar-refractivity contribution in [3.63, 3.8) is 0 Å². The first-order valence-electron chi connectivity index (χ1n) is 11.9. The number of carbonyl (C=O) groups is 3. The predicted octanol–water partition coefficient (Wildman–Crippen LogP) is 3.32. The van der Waals surface area contributed by atoms with Crippen LogP contribution in [0.15, 0.2) is 42.5 Å². The molecule has 1 fully saturated rings. The maximum Gasteiger partial charge on any atom is 0.265 e. The Labute approximate surface area is 210 Å². The molecule has 1 atom stereocenters. The summed E-state index contributed by atoms with van der Waals surface area (Å²) in [5.41, 5.74) is 0.750. The van der Waals surface area contributed by atoms with Gasteiger partial charge in [-0.05, 0) is 69.3 Å². The van der Waals surface area contributed by atoms with Crippen LogP contribution in [-0.4, -0.2) is 67.9 Å².